The van der Waals surface area contributed by atoms with Gasteiger partial charge >= 0.3 is 0 Å². The molecule has 0 unspecified atom stereocenters. The van der Waals surface area contributed by atoms with Gasteiger partial charge in [0.15, 0.2) is 5.79 Å². The molecule has 1 N–H and O–H groups in total. The van der Waals surface area contributed by atoms with Crippen molar-refractivity contribution in [2.24, 2.45) is 10.8 Å². The van der Waals surface area contributed by atoms with E-state index in [4.69, 9.17) is 4.74 Å². The summed E-state index contributed by atoms with van der Waals surface area (Å²) in [4.78, 5) is 12.4. The van der Waals surface area contributed by atoms with Crippen molar-refractivity contribution >= 4 is 5.78 Å². The SMILES string of the molecule is CCCCCC[C@@]1(O)O[C@@H](C(C)(C)C)CC(=O)C1(C)C. The quantitative estimate of drug-likeness (QED) is 0.774. The molecule has 0 saturated carbocycles. The Hall–Kier alpha value is -0.410. The Balaban J connectivity index is 2.84. The summed E-state index contributed by atoms with van der Waals surface area (Å²) in [5.74, 6) is -1.21. The van der Waals surface area contributed by atoms with Gasteiger partial charge in [-0.05, 0) is 25.7 Å². The first kappa shape index (κ1) is 17.6. The zero-order chi connectivity index (χ0) is 15.6. The van der Waals surface area contributed by atoms with E-state index < -0.39 is 11.2 Å². The second-order valence-corrected chi connectivity index (χ2v) is 7.82. The fourth-order valence-corrected chi connectivity index (χ4v) is 2.71. The van der Waals surface area contributed by atoms with Crippen LogP contribution < -0.4 is 0 Å². The summed E-state index contributed by atoms with van der Waals surface area (Å²) >= 11 is 0. The summed E-state index contributed by atoms with van der Waals surface area (Å²) in [6.45, 7) is 12.0. The van der Waals surface area contributed by atoms with E-state index in [2.05, 4.69) is 27.7 Å². The van der Waals surface area contributed by atoms with E-state index in [-0.39, 0.29) is 17.3 Å². The fraction of sp³-hybridized carbons (Fsp3) is 0.941. The zero-order valence-corrected chi connectivity index (χ0v) is 14.1. The largest absolute Gasteiger partial charge is 0.365 e. The Morgan fingerprint density at radius 2 is 1.85 bits per heavy atom. The molecule has 0 aromatic rings. The van der Waals surface area contributed by atoms with Crippen LogP contribution in [0.2, 0.25) is 0 Å². The minimum Gasteiger partial charge on any atom is -0.365 e. The molecule has 20 heavy (non-hydrogen) atoms. The maximum Gasteiger partial charge on any atom is 0.177 e. The summed E-state index contributed by atoms with van der Waals surface area (Å²) in [6, 6.07) is 0. The second-order valence-electron chi connectivity index (χ2n) is 7.82. The molecule has 1 heterocycles. The lowest BCUT2D eigenvalue weighted by Gasteiger charge is -2.50. The van der Waals surface area contributed by atoms with Crippen molar-refractivity contribution in [1.29, 1.82) is 0 Å². The van der Waals surface area contributed by atoms with Crippen molar-refractivity contribution in [3.8, 4) is 0 Å². The van der Waals surface area contributed by atoms with Crippen molar-refractivity contribution in [1.82, 2.24) is 0 Å². The predicted molar refractivity (Wildman–Crippen MR) is 81.4 cm³/mol. The number of carbonyl (C=O) groups is 1. The molecular formula is C17H32O3. The lowest BCUT2D eigenvalue weighted by atomic mass is 9.70. The lowest BCUT2D eigenvalue weighted by molar-refractivity contribution is -0.310. The molecule has 118 valence electrons. The third kappa shape index (κ3) is 3.62. The van der Waals surface area contributed by atoms with Crippen LogP contribution >= 0.6 is 0 Å². The first-order valence-corrected chi connectivity index (χ1v) is 7.98. The molecule has 0 spiro atoms. The molecule has 0 bridgehead atoms. The number of ether oxygens (including phenoxy) is 1. The van der Waals surface area contributed by atoms with Crippen LogP contribution in [-0.2, 0) is 9.53 Å². The fourth-order valence-electron chi connectivity index (χ4n) is 2.71. The Labute approximate surface area is 124 Å². The van der Waals surface area contributed by atoms with E-state index in [0.29, 0.717) is 12.8 Å². The van der Waals surface area contributed by atoms with Crippen LogP contribution in [0.3, 0.4) is 0 Å². The van der Waals surface area contributed by atoms with Gasteiger partial charge in [-0.2, -0.15) is 0 Å². The average Bonchev–Trinajstić information content (AvgIpc) is 2.31. The first-order valence-electron chi connectivity index (χ1n) is 7.98. The minimum absolute atomic E-state index is 0.113. The highest BCUT2D eigenvalue weighted by Gasteiger charge is 2.55. The number of aliphatic hydroxyl groups is 1. The van der Waals surface area contributed by atoms with Gasteiger partial charge in [-0.25, -0.2) is 0 Å². The van der Waals surface area contributed by atoms with Gasteiger partial charge in [-0.1, -0.05) is 47.0 Å². The number of ketones is 1. The molecule has 2 atom stereocenters. The minimum atomic E-state index is -1.33. The maximum atomic E-state index is 12.4. The highest BCUT2D eigenvalue weighted by molar-refractivity contribution is 5.86. The number of Topliss-reactive ketones (excluding diaryl/α,β-unsaturated/α-hetero) is 1. The van der Waals surface area contributed by atoms with Crippen LogP contribution in [-0.4, -0.2) is 22.8 Å². The lowest BCUT2D eigenvalue weighted by Crippen LogP contribution is -2.60. The van der Waals surface area contributed by atoms with Crippen LogP contribution in [0.4, 0.5) is 0 Å². The average molecular weight is 284 g/mol. The number of carbonyl (C=O) groups excluding carboxylic acids is 1. The molecule has 1 fully saturated rings. The molecule has 1 aliphatic heterocycles. The van der Waals surface area contributed by atoms with Crippen molar-refractivity contribution < 1.29 is 14.6 Å². The number of unbranched alkanes of at least 4 members (excludes halogenated alkanes) is 3. The van der Waals surface area contributed by atoms with Crippen molar-refractivity contribution in [2.45, 2.75) is 92.0 Å². The highest BCUT2D eigenvalue weighted by atomic mass is 16.6. The molecule has 0 aliphatic carbocycles. The topological polar surface area (TPSA) is 46.5 Å². The molecule has 3 heteroatoms. The zero-order valence-electron chi connectivity index (χ0n) is 14.1. The van der Waals surface area contributed by atoms with Gasteiger partial charge in [-0.3, -0.25) is 4.79 Å². The molecule has 0 aromatic carbocycles. The van der Waals surface area contributed by atoms with Crippen LogP contribution in [0.15, 0.2) is 0 Å². The van der Waals surface area contributed by atoms with Gasteiger partial charge in [0.05, 0.1) is 11.5 Å². The van der Waals surface area contributed by atoms with Gasteiger partial charge in [-0.15, -0.1) is 0 Å². The summed E-state index contributed by atoms with van der Waals surface area (Å²) in [5, 5.41) is 11.0. The molecular weight excluding hydrogens is 252 g/mol. The van der Waals surface area contributed by atoms with E-state index >= 15 is 0 Å². The van der Waals surface area contributed by atoms with E-state index in [9.17, 15) is 9.90 Å². The smallest absolute Gasteiger partial charge is 0.177 e. The molecule has 0 radical (unpaired) electrons. The Kier molecular flexibility index (Phi) is 5.42. The van der Waals surface area contributed by atoms with Gasteiger partial charge in [0.1, 0.15) is 5.78 Å². The van der Waals surface area contributed by atoms with Crippen molar-refractivity contribution in [3.63, 3.8) is 0 Å². The molecule has 3 nitrogen and oxygen atoms in total. The normalized spacial score (nSPS) is 30.6. The number of hydrogen-bond acceptors (Lipinski definition) is 3. The van der Waals surface area contributed by atoms with E-state index in [1.807, 2.05) is 13.8 Å². The van der Waals surface area contributed by atoms with Crippen LogP contribution in [0.1, 0.15) is 80.1 Å². The Bertz CT molecular complexity index is 341. The first-order chi connectivity index (χ1) is 9.04. The van der Waals surface area contributed by atoms with E-state index in [1.54, 1.807) is 0 Å². The number of rotatable bonds is 5. The summed E-state index contributed by atoms with van der Waals surface area (Å²) in [5.41, 5.74) is -0.954. The third-order valence-electron chi connectivity index (χ3n) is 4.72. The standard InChI is InChI=1S/C17H32O3/c1-7-8-9-10-11-17(19)16(5,6)13(18)12-14(20-17)15(2,3)4/h14,19H,7-12H2,1-6H3/t14-,17-/m1/s1. The van der Waals surface area contributed by atoms with Gasteiger partial charge in [0.2, 0.25) is 0 Å². The summed E-state index contributed by atoms with van der Waals surface area (Å²) < 4.78 is 6.04. The van der Waals surface area contributed by atoms with Gasteiger partial charge < -0.3 is 9.84 Å². The third-order valence-corrected chi connectivity index (χ3v) is 4.72. The van der Waals surface area contributed by atoms with Crippen molar-refractivity contribution in [2.75, 3.05) is 0 Å². The van der Waals surface area contributed by atoms with E-state index in [1.165, 1.54) is 0 Å². The van der Waals surface area contributed by atoms with Gasteiger partial charge in [0.25, 0.3) is 0 Å². The molecule has 1 saturated heterocycles. The Morgan fingerprint density at radius 3 is 2.35 bits per heavy atom. The van der Waals surface area contributed by atoms with Crippen LogP contribution in [0.5, 0.6) is 0 Å². The number of hydrogen-bond donors (Lipinski definition) is 1. The second kappa shape index (κ2) is 6.15. The summed E-state index contributed by atoms with van der Waals surface area (Å²) in [7, 11) is 0. The van der Waals surface area contributed by atoms with Crippen molar-refractivity contribution in [3.05, 3.63) is 0 Å². The highest BCUT2D eigenvalue weighted by Crippen LogP contribution is 2.46. The summed E-state index contributed by atoms with van der Waals surface area (Å²) in [6.07, 6.45) is 5.02. The molecule has 1 rings (SSSR count). The molecule has 0 aromatic heterocycles. The monoisotopic (exact) mass is 284 g/mol. The maximum absolute atomic E-state index is 12.4. The van der Waals surface area contributed by atoms with Crippen LogP contribution in [0.25, 0.3) is 0 Å². The predicted octanol–water partition coefficient (Wildman–Crippen LogP) is 4.08. The van der Waals surface area contributed by atoms with Crippen LogP contribution in [0, 0.1) is 10.8 Å². The molecule has 1 aliphatic rings. The Morgan fingerprint density at radius 1 is 1.25 bits per heavy atom. The van der Waals surface area contributed by atoms with Gasteiger partial charge in [0, 0.05) is 12.8 Å². The van der Waals surface area contributed by atoms with E-state index in [0.717, 1.165) is 25.7 Å². The molecule has 0 amide bonds.